The predicted octanol–water partition coefficient (Wildman–Crippen LogP) is 3.61. The van der Waals surface area contributed by atoms with Crippen molar-refractivity contribution < 1.29 is 0 Å². The van der Waals surface area contributed by atoms with Gasteiger partial charge in [-0.25, -0.2) is 4.98 Å². The fraction of sp³-hybridized carbons (Fsp3) is 0.182. The second-order valence-corrected chi connectivity index (χ2v) is 4.74. The number of nitrogens with zero attached hydrogens (tertiary/aromatic N) is 1. The largest absolute Gasteiger partial charge is 0.375 e. The summed E-state index contributed by atoms with van der Waals surface area (Å²) in [4.78, 5) is 5.55. The number of hydrogen-bond donors (Lipinski definition) is 1. The van der Waals surface area contributed by atoms with Crippen LogP contribution in [0.15, 0.2) is 24.3 Å². The van der Waals surface area contributed by atoms with Crippen LogP contribution >= 0.6 is 22.9 Å². The molecule has 2 N–H and O–H groups in total. The highest BCUT2D eigenvalue weighted by atomic mass is 35.5. The van der Waals surface area contributed by atoms with Gasteiger partial charge in [0.1, 0.15) is 0 Å². The molecule has 1 aromatic heterocycles. The molecule has 0 spiro atoms. The van der Waals surface area contributed by atoms with Crippen LogP contribution in [0.5, 0.6) is 0 Å². The summed E-state index contributed by atoms with van der Waals surface area (Å²) in [5.41, 5.74) is 7.76. The lowest BCUT2D eigenvalue weighted by atomic mass is 10.1. The van der Waals surface area contributed by atoms with E-state index < -0.39 is 0 Å². The quantitative estimate of drug-likeness (QED) is 0.868. The molecule has 0 bridgehead atoms. The van der Waals surface area contributed by atoms with Gasteiger partial charge in [0.2, 0.25) is 0 Å². The molecule has 2 rings (SSSR count). The summed E-state index contributed by atoms with van der Waals surface area (Å²) in [6.07, 6.45) is 0.951. The minimum Gasteiger partial charge on any atom is -0.375 e. The first-order valence-corrected chi connectivity index (χ1v) is 5.91. The van der Waals surface area contributed by atoms with E-state index in [0.29, 0.717) is 5.13 Å². The van der Waals surface area contributed by atoms with Crippen LogP contribution in [0.25, 0.3) is 11.3 Å². The number of rotatable bonds is 2. The first-order chi connectivity index (χ1) is 7.20. The fourth-order valence-electron chi connectivity index (χ4n) is 1.44. The van der Waals surface area contributed by atoms with Crippen LogP contribution in [-0.2, 0) is 6.42 Å². The van der Waals surface area contributed by atoms with Crippen molar-refractivity contribution in [2.45, 2.75) is 13.3 Å². The van der Waals surface area contributed by atoms with Gasteiger partial charge in [-0.3, -0.25) is 0 Å². The Balaban J connectivity index is 2.48. The molecule has 0 fully saturated rings. The third-order valence-corrected chi connectivity index (χ3v) is 3.43. The third-order valence-electron chi connectivity index (χ3n) is 2.15. The Kier molecular flexibility index (Phi) is 2.93. The molecule has 0 aliphatic carbocycles. The van der Waals surface area contributed by atoms with Gasteiger partial charge in [-0.15, -0.1) is 11.3 Å². The first kappa shape index (κ1) is 10.5. The fourth-order valence-corrected chi connectivity index (χ4v) is 2.36. The predicted molar refractivity (Wildman–Crippen MR) is 66.4 cm³/mol. The van der Waals surface area contributed by atoms with Crippen LogP contribution in [0.4, 0.5) is 5.13 Å². The van der Waals surface area contributed by atoms with Gasteiger partial charge in [-0.1, -0.05) is 30.7 Å². The maximum atomic E-state index is 5.84. The van der Waals surface area contributed by atoms with Crippen molar-refractivity contribution in [2.75, 3.05) is 5.73 Å². The maximum Gasteiger partial charge on any atom is 0.180 e. The molecule has 0 amide bonds. The minimum absolute atomic E-state index is 0.622. The molecule has 1 aromatic carbocycles. The smallest absolute Gasteiger partial charge is 0.180 e. The Bertz CT molecular complexity index is 462. The number of anilines is 1. The highest BCUT2D eigenvalue weighted by Gasteiger charge is 2.09. The topological polar surface area (TPSA) is 38.9 Å². The number of nitrogen functional groups attached to an aromatic ring is 1. The summed E-state index contributed by atoms with van der Waals surface area (Å²) < 4.78 is 0. The van der Waals surface area contributed by atoms with E-state index in [0.717, 1.165) is 22.7 Å². The van der Waals surface area contributed by atoms with Gasteiger partial charge in [-0.2, -0.15) is 0 Å². The van der Waals surface area contributed by atoms with Gasteiger partial charge in [0.25, 0.3) is 0 Å². The van der Waals surface area contributed by atoms with Gasteiger partial charge < -0.3 is 5.73 Å². The molecule has 0 saturated heterocycles. The normalized spacial score (nSPS) is 10.5. The zero-order valence-corrected chi connectivity index (χ0v) is 9.90. The lowest BCUT2D eigenvalue weighted by Gasteiger charge is -1.99. The Morgan fingerprint density at radius 1 is 1.33 bits per heavy atom. The number of nitrogens with two attached hydrogens (primary N) is 1. The third kappa shape index (κ3) is 2.13. The molecule has 15 heavy (non-hydrogen) atoms. The summed E-state index contributed by atoms with van der Waals surface area (Å²) in [5, 5.41) is 1.36. The number of aromatic nitrogens is 1. The summed E-state index contributed by atoms with van der Waals surface area (Å²) in [6.45, 7) is 2.10. The zero-order chi connectivity index (χ0) is 10.8. The summed E-state index contributed by atoms with van der Waals surface area (Å²) in [5.74, 6) is 0. The summed E-state index contributed by atoms with van der Waals surface area (Å²) in [6, 6.07) is 7.67. The van der Waals surface area contributed by atoms with E-state index in [-0.39, 0.29) is 0 Å². The molecular formula is C11H11ClN2S. The second kappa shape index (κ2) is 4.21. The van der Waals surface area contributed by atoms with Crippen LogP contribution in [0.3, 0.4) is 0 Å². The molecule has 1 heterocycles. The first-order valence-electron chi connectivity index (χ1n) is 4.72. The van der Waals surface area contributed by atoms with Crippen LogP contribution in [0, 0.1) is 0 Å². The van der Waals surface area contributed by atoms with Gasteiger partial charge in [0, 0.05) is 15.5 Å². The average Bonchev–Trinajstić information content (AvgIpc) is 2.61. The van der Waals surface area contributed by atoms with E-state index in [4.69, 9.17) is 17.3 Å². The maximum absolute atomic E-state index is 5.84. The van der Waals surface area contributed by atoms with Crippen molar-refractivity contribution in [1.29, 1.82) is 0 Å². The lowest BCUT2D eigenvalue weighted by Crippen LogP contribution is -1.84. The van der Waals surface area contributed by atoms with E-state index in [2.05, 4.69) is 11.9 Å². The Labute approximate surface area is 97.7 Å². The highest BCUT2D eigenvalue weighted by Crippen LogP contribution is 2.30. The highest BCUT2D eigenvalue weighted by molar-refractivity contribution is 7.15. The molecule has 4 heteroatoms. The molecule has 0 saturated carbocycles. The average molecular weight is 239 g/mol. The molecule has 0 aliphatic rings. The van der Waals surface area contributed by atoms with Gasteiger partial charge in [0.15, 0.2) is 5.13 Å². The number of thiazole rings is 1. The van der Waals surface area contributed by atoms with E-state index >= 15 is 0 Å². The molecule has 0 aliphatic heterocycles. The van der Waals surface area contributed by atoms with E-state index in [1.165, 1.54) is 4.88 Å². The molecule has 0 atom stereocenters. The monoisotopic (exact) mass is 238 g/mol. The van der Waals surface area contributed by atoms with Crippen molar-refractivity contribution in [3.8, 4) is 11.3 Å². The SMILES string of the molecule is CCc1sc(N)nc1-c1ccc(Cl)cc1. The van der Waals surface area contributed by atoms with Crippen LogP contribution in [0.2, 0.25) is 5.02 Å². The van der Waals surface area contributed by atoms with Crippen molar-refractivity contribution >= 4 is 28.1 Å². The van der Waals surface area contributed by atoms with Gasteiger partial charge in [-0.05, 0) is 18.6 Å². The molecule has 2 aromatic rings. The van der Waals surface area contributed by atoms with Crippen molar-refractivity contribution in [3.05, 3.63) is 34.2 Å². The minimum atomic E-state index is 0.622. The Morgan fingerprint density at radius 3 is 2.60 bits per heavy atom. The molecule has 0 unspecified atom stereocenters. The molecule has 78 valence electrons. The Morgan fingerprint density at radius 2 is 2.00 bits per heavy atom. The Hall–Kier alpha value is -1.06. The second-order valence-electron chi connectivity index (χ2n) is 3.18. The molecular weight excluding hydrogens is 228 g/mol. The van der Waals surface area contributed by atoms with E-state index in [1.807, 2.05) is 24.3 Å². The van der Waals surface area contributed by atoms with Gasteiger partial charge in [0.05, 0.1) is 5.69 Å². The van der Waals surface area contributed by atoms with Crippen molar-refractivity contribution in [3.63, 3.8) is 0 Å². The summed E-state index contributed by atoms with van der Waals surface area (Å²) >= 11 is 7.38. The van der Waals surface area contributed by atoms with Crippen molar-refractivity contribution in [1.82, 2.24) is 4.98 Å². The van der Waals surface area contributed by atoms with Crippen molar-refractivity contribution in [2.24, 2.45) is 0 Å². The van der Waals surface area contributed by atoms with E-state index in [9.17, 15) is 0 Å². The van der Waals surface area contributed by atoms with Crippen LogP contribution in [-0.4, -0.2) is 4.98 Å². The standard InChI is InChI=1S/C11H11ClN2S/c1-2-9-10(14-11(13)15-9)7-3-5-8(12)6-4-7/h3-6H,2H2,1H3,(H2,13,14). The molecule has 2 nitrogen and oxygen atoms in total. The van der Waals surface area contributed by atoms with Crippen LogP contribution < -0.4 is 5.73 Å². The van der Waals surface area contributed by atoms with E-state index in [1.54, 1.807) is 11.3 Å². The summed E-state index contributed by atoms with van der Waals surface area (Å²) in [7, 11) is 0. The zero-order valence-electron chi connectivity index (χ0n) is 8.33. The number of halogens is 1. The van der Waals surface area contributed by atoms with Gasteiger partial charge >= 0.3 is 0 Å². The number of benzene rings is 1. The number of hydrogen-bond acceptors (Lipinski definition) is 3. The lowest BCUT2D eigenvalue weighted by molar-refractivity contribution is 1.17. The molecule has 0 radical (unpaired) electrons. The van der Waals surface area contributed by atoms with Crippen LogP contribution in [0.1, 0.15) is 11.8 Å². The number of aryl methyl sites for hydroxylation is 1.